The number of hydrogen-bond donors (Lipinski definition) is 3. The van der Waals surface area contributed by atoms with E-state index in [1.54, 1.807) is 6.20 Å². The van der Waals surface area contributed by atoms with Gasteiger partial charge in [-0.2, -0.15) is 0 Å². The zero-order valence-corrected chi connectivity index (χ0v) is 15.2. The summed E-state index contributed by atoms with van der Waals surface area (Å²) in [6.07, 6.45) is 3.89. The number of imide groups is 1. The molecule has 1 aliphatic heterocycles. The van der Waals surface area contributed by atoms with Gasteiger partial charge in [-0.25, -0.2) is 4.79 Å². The number of amides is 3. The van der Waals surface area contributed by atoms with Crippen LogP contribution in [0.4, 0.5) is 4.79 Å². The zero-order chi connectivity index (χ0) is 18.9. The molecule has 3 amide bonds. The fraction of sp³-hybridized carbons (Fsp3) is 0.350. The van der Waals surface area contributed by atoms with Gasteiger partial charge >= 0.3 is 6.03 Å². The zero-order valence-electron chi connectivity index (χ0n) is 15.2. The lowest BCUT2D eigenvalue weighted by atomic mass is 10.1. The minimum absolute atomic E-state index is 0.187. The molecule has 1 atom stereocenters. The highest BCUT2D eigenvalue weighted by molar-refractivity contribution is 5.94. The summed E-state index contributed by atoms with van der Waals surface area (Å²) >= 11 is 0. The van der Waals surface area contributed by atoms with Crippen molar-refractivity contribution in [2.75, 3.05) is 26.2 Å². The van der Waals surface area contributed by atoms with Gasteiger partial charge in [0.05, 0.1) is 0 Å². The number of hydrogen-bond acceptors (Lipinski definition) is 5. The second-order valence-electron chi connectivity index (χ2n) is 6.51. The molecule has 0 saturated carbocycles. The van der Waals surface area contributed by atoms with Gasteiger partial charge < -0.3 is 10.6 Å². The van der Waals surface area contributed by atoms with Crippen molar-refractivity contribution >= 4 is 11.9 Å². The fourth-order valence-electron chi connectivity index (χ4n) is 3.17. The first-order valence-electron chi connectivity index (χ1n) is 9.18. The van der Waals surface area contributed by atoms with Crippen LogP contribution in [0.3, 0.4) is 0 Å². The summed E-state index contributed by atoms with van der Waals surface area (Å²) in [5, 5.41) is 8.48. The number of carbonyl (C=O) groups excluding carboxylic acids is 2. The normalized spacial score (nSPS) is 17.3. The van der Waals surface area contributed by atoms with Gasteiger partial charge in [-0.15, -0.1) is 0 Å². The predicted octanol–water partition coefficient (Wildman–Crippen LogP) is 1.44. The molecule has 1 aromatic carbocycles. The third-order valence-electron chi connectivity index (χ3n) is 4.60. The Balaban J connectivity index is 1.44. The number of piperazine rings is 1. The molecular formula is C20H25N5O2. The van der Waals surface area contributed by atoms with E-state index in [-0.39, 0.29) is 18.4 Å². The topological polar surface area (TPSA) is 86.4 Å². The Morgan fingerprint density at radius 2 is 2.04 bits per heavy atom. The molecule has 7 heteroatoms. The Labute approximate surface area is 159 Å². The summed E-state index contributed by atoms with van der Waals surface area (Å²) in [4.78, 5) is 30.5. The van der Waals surface area contributed by atoms with Crippen LogP contribution in [0, 0.1) is 0 Å². The molecule has 2 heterocycles. The highest BCUT2D eigenvalue weighted by Crippen LogP contribution is 2.21. The van der Waals surface area contributed by atoms with Gasteiger partial charge in [0, 0.05) is 57.6 Å². The van der Waals surface area contributed by atoms with Crippen LogP contribution >= 0.6 is 0 Å². The highest BCUT2D eigenvalue weighted by Gasteiger charge is 2.24. The van der Waals surface area contributed by atoms with E-state index < -0.39 is 6.03 Å². The standard InChI is InChI=1S/C20H25N5O2/c26-19(24-20(27)23-13-16-5-2-1-3-6-16)8-11-25-12-10-22-15-18(25)17-7-4-9-21-14-17/h1-7,9,14,18,22H,8,10-13,15H2,(H2,23,24,26,27). The number of carbonyl (C=O) groups is 2. The Hall–Kier alpha value is -2.77. The number of benzene rings is 1. The summed E-state index contributed by atoms with van der Waals surface area (Å²) in [6.45, 7) is 3.55. The summed E-state index contributed by atoms with van der Waals surface area (Å²) in [5.41, 5.74) is 2.12. The number of pyridine rings is 1. The smallest absolute Gasteiger partial charge is 0.321 e. The first kappa shape index (κ1) is 19.0. The third kappa shape index (κ3) is 5.87. The first-order chi connectivity index (χ1) is 13.2. The van der Waals surface area contributed by atoms with Gasteiger partial charge in [0.2, 0.25) is 5.91 Å². The van der Waals surface area contributed by atoms with E-state index in [0.717, 1.165) is 30.8 Å². The van der Waals surface area contributed by atoms with E-state index in [1.165, 1.54) is 0 Å². The summed E-state index contributed by atoms with van der Waals surface area (Å²) < 4.78 is 0. The molecule has 27 heavy (non-hydrogen) atoms. The van der Waals surface area contributed by atoms with Gasteiger partial charge in [0.25, 0.3) is 0 Å². The molecule has 3 rings (SSSR count). The summed E-state index contributed by atoms with van der Waals surface area (Å²) in [7, 11) is 0. The van der Waals surface area contributed by atoms with Crippen LogP contribution in [-0.2, 0) is 11.3 Å². The predicted molar refractivity (Wildman–Crippen MR) is 103 cm³/mol. The van der Waals surface area contributed by atoms with E-state index in [9.17, 15) is 9.59 Å². The quantitative estimate of drug-likeness (QED) is 0.719. The average molecular weight is 367 g/mol. The van der Waals surface area contributed by atoms with Crippen molar-refractivity contribution in [3.05, 3.63) is 66.0 Å². The van der Waals surface area contributed by atoms with Crippen molar-refractivity contribution in [2.24, 2.45) is 0 Å². The first-order valence-corrected chi connectivity index (χ1v) is 9.18. The molecule has 1 aliphatic rings. The maximum absolute atomic E-state index is 12.1. The molecule has 1 fully saturated rings. The Morgan fingerprint density at radius 3 is 2.81 bits per heavy atom. The lowest BCUT2D eigenvalue weighted by Crippen LogP contribution is -2.47. The van der Waals surface area contributed by atoms with Crippen LogP contribution in [0.1, 0.15) is 23.6 Å². The molecule has 1 saturated heterocycles. The summed E-state index contributed by atoms with van der Waals surface area (Å²) in [5.74, 6) is -0.274. The van der Waals surface area contributed by atoms with E-state index in [0.29, 0.717) is 13.1 Å². The minimum Gasteiger partial charge on any atom is -0.334 e. The van der Waals surface area contributed by atoms with E-state index >= 15 is 0 Å². The van der Waals surface area contributed by atoms with E-state index in [1.807, 2.05) is 42.6 Å². The molecule has 142 valence electrons. The van der Waals surface area contributed by atoms with Crippen molar-refractivity contribution in [3.63, 3.8) is 0 Å². The molecule has 3 N–H and O–H groups in total. The monoisotopic (exact) mass is 367 g/mol. The average Bonchev–Trinajstić information content (AvgIpc) is 2.72. The second-order valence-corrected chi connectivity index (χ2v) is 6.51. The Kier molecular flexibility index (Phi) is 6.90. The molecule has 2 aromatic rings. The van der Waals surface area contributed by atoms with Crippen LogP contribution in [0.15, 0.2) is 54.9 Å². The molecule has 1 aromatic heterocycles. The number of urea groups is 1. The van der Waals surface area contributed by atoms with Crippen molar-refractivity contribution in [1.82, 2.24) is 25.8 Å². The van der Waals surface area contributed by atoms with Gasteiger partial charge in [0.1, 0.15) is 0 Å². The number of nitrogens with zero attached hydrogens (tertiary/aromatic N) is 2. The molecular weight excluding hydrogens is 342 g/mol. The van der Waals surface area contributed by atoms with Gasteiger partial charge in [-0.05, 0) is 17.2 Å². The molecule has 0 bridgehead atoms. The van der Waals surface area contributed by atoms with E-state index in [4.69, 9.17) is 0 Å². The highest BCUT2D eigenvalue weighted by atomic mass is 16.2. The minimum atomic E-state index is -0.465. The van der Waals surface area contributed by atoms with Crippen molar-refractivity contribution in [2.45, 2.75) is 19.0 Å². The third-order valence-corrected chi connectivity index (χ3v) is 4.60. The van der Waals surface area contributed by atoms with Crippen LogP contribution in [-0.4, -0.2) is 48.0 Å². The van der Waals surface area contributed by atoms with Gasteiger partial charge in [-0.1, -0.05) is 36.4 Å². The maximum Gasteiger partial charge on any atom is 0.321 e. The van der Waals surface area contributed by atoms with Crippen molar-refractivity contribution in [1.29, 1.82) is 0 Å². The lowest BCUT2D eigenvalue weighted by molar-refractivity contribution is -0.120. The molecule has 0 radical (unpaired) electrons. The lowest BCUT2D eigenvalue weighted by Gasteiger charge is -2.36. The van der Waals surface area contributed by atoms with Crippen LogP contribution < -0.4 is 16.0 Å². The van der Waals surface area contributed by atoms with Crippen LogP contribution in [0.5, 0.6) is 0 Å². The largest absolute Gasteiger partial charge is 0.334 e. The Bertz CT molecular complexity index is 739. The molecule has 1 unspecified atom stereocenters. The van der Waals surface area contributed by atoms with Crippen LogP contribution in [0.2, 0.25) is 0 Å². The number of rotatable bonds is 6. The van der Waals surface area contributed by atoms with Gasteiger partial charge in [-0.3, -0.25) is 20.0 Å². The fourth-order valence-corrected chi connectivity index (χ4v) is 3.17. The summed E-state index contributed by atoms with van der Waals surface area (Å²) in [6, 6.07) is 13.3. The molecule has 0 spiro atoms. The van der Waals surface area contributed by atoms with Crippen molar-refractivity contribution < 1.29 is 9.59 Å². The van der Waals surface area contributed by atoms with Gasteiger partial charge in [0.15, 0.2) is 0 Å². The number of nitrogens with one attached hydrogen (secondary N) is 3. The van der Waals surface area contributed by atoms with Crippen molar-refractivity contribution in [3.8, 4) is 0 Å². The Morgan fingerprint density at radius 1 is 1.19 bits per heavy atom. The van der Waals surface area contributed by atoms with Crippen LogP contribution in [0.25, 0.3) is 0 Å². The number of aromatic nitrogens is 1. The molecule has 7 nitrogen and oxygen atoms in total. The maximum atomic E-state index is 12.1. The second kappa shape index (κ2) is 9.80. The SMILES string of the molecule is O=C(CCN1CCNCC1c1cccnc1)NC(=O)NCc1ccccc1. The van der Waals surface area contributed by atoms with E-state index in [2.05, 4.69) is 31.9 Å². The molecule has 0 aliphatic carbocycles.